The van der Waals surface area contributed by atoms with Gasteiger partial charge in [-0.3, -0.25) is 0 Å². The second kappa shape index (κ2) is 7.63. The molecule has 0 atom stereocenters. The maximum Gasteiger partial charge on any atom is 0.185 e. The van der Waals surface area contributed by atoms with E-state index < -0.39 is 0 Å². The van der Waals surface area contributed by atoms with Crippen molar-refractivity contribution < 1.29 is 4.74 Å². The Bertz CT molecular complexity index is 328. The summed E-state index contributed by atoms with van der Waals surface area (Å²) in [4.78, 5) is 8.19. The zero-order valence-electron chi connectivity index (χ0n) is 11.2. The number of thiazole rings is 1. The summed E-state index contributed by atoms with van der Waals surface area (Å²) in [5, 5.41) is 4.45. The number of ether oxygens (including phenoxy) is 1. The second-order valence-corrected chi connectivity index (χ2v) is 4.98. The summed E-state index contributed by atoms with van der Waals surface area (Å²) in [7, 11) is 3.79. The Labute approximate surface area is 108 Å². The Hall–Kier alpha value is -0.650. The van der Waals surface area contributed by atoms with Crippen LogP contribution in [0.15, 0.2) is 0 Å². The average molecular weight is 257 g/mol. The van der Waals surface area contributed by atoms with E-state index in [9.17, 15) is 0 Å². The Morgan fingerprint density at radius 1 is 1.41 bits per heavy atom. The van der Waals surface area contributed by atoms with Crippen LogP contribution in [-0.2, 0) is 17.7 Å². The first-order chi connectivity index (χ1) is 8.22. The van der Waals surface area contributed by atoms with Gasteiger partial charge in [-0.05, 0) is 13.0 Å². The smallest absolute Gasteiger partial charge is 0.185 e. The molecule has 1 N–H and O–H groups in total. The lowest BCUT2D eigenvalue weighted by atomic mass is 10.3. The minimum Gasteiger partial charge on any atom is -0.383 e. The van der Waals surface area contributed by atoms with Crippen molar-refractivity contribution in [3.05, 3.63) is 10.6 Å². The summed E-state index contributed by atoms with van der Waals surface area (Å²) in [6.07, 6.45) is 0.995. The molecule has 17 heavy (non-hydrogen) atoms. The van der Waals surface area contributed by atoms with Crippen molar-refractivity contribution >= 4 is 16.5 Å². The van der Waals surface area contributed by atoms with Crippen LogP contribution in [0.3, 0.4) is 0 Å². The van der Waals surface area contributed by atoms with Crippen molar-refractivity contribution in [3.8, 4) is 0 Å². The topological polar surface area (TPSA) is 37.4 Å². The highest BCUT2D eigenvalue weighted by Crippen LogP contribution is 2.25. The molecular formula is C12H23N3OS. The van der Waals surface area contributed by atoms with Crippen molar-refractivity contribution in [2.75, 3.05) is 38.8 Å². The van der Waals surface area contributed by atoms with Gasteiger partial charge in [-0.2, -0.15) is 0 Å². The van der Waals surface area contributed by atoms with Gasteiger partial charge in [0.2, 0.25) is 0 Å². The molecule has 0 radical (unpaired) electrons. The van der Waals surface area contributed by atoms with E-state index in [4.69, 9.17) is 4.74 Å². The highest BCUT2D eigenvalue weighted by atomic mass is 32.1. The van der Waals surface area contributed by atoms with Crippen molar-refractivity contribution in [2.24, 2.45) is 0 Å². The number of anilines is 1. The quantitative estimate of drug-likeness (QED) is 0.772. The van der Waals surface area contributed by atoms with Crippen molar-refractivity contribution in [2.45, 2.75) is 26.8 Å². The van der Waals surface area contributed by atoms with Gasteiger partial charge in [0.05, 0.1) is 12.3 Å². The van der Waals surface area contributed by atoms with Crippen LogP contribution in [0, 0.1) is 0 Å². The normalized spacial score (nSPS) is 10.8. The minimum absolute atomic E-state index is 0.736. The molecule has 0 unspecified atom stereocenters. The molecule has 0 aliphatic carbocycles. The molecule has 0 saturated heterocycles. The molecule has 0 amide bonds. The predicted octanol–water partition coefficient (Wildman–Crippen LogP) is 1.90. The maximum atomic E-state index is 5.09. The summed E-state index contributed by atoms with van der Waals surface area (Å²) >= 11 is 1.78. The number of aromatic nitrogens is 1. The molecule has 0 saturated carbocycles. The van der Waals surface area contributed by atoms with Crippen LogP contribution < -0.4 is 10.2 Å². The molecule has 4 nitrogen and oxygen atoms in total. The lowest BCUT2D eigenvalue weighted by Gasteiger charge is -2.14. The van der Waals surface area contributed by atoms with Crippen LogP contribution in [0.4, 0.5) is 5.13 Å². The molecule has 0 bridgehead atoms. The fourth-order valence-corrected chi connectivity index (χ4v) is 2.62. The number of nitrogens with one attached hydrogen (secondary N) is 1. The predicted molar refractivity (Wildman–Crippen MR) is 74.0 cm³/mol. The van der Waals surface area contributed by atoms with Gasteiger partial charge in [0.1, 0.15) is 0 Å². The van der Waals surface area contributed by atoms with E-state index in [1.165, 1.54) is 10.6 Å². The highest BCUT2D eigenvalue weighted by molar-refractivity contribution is 7.15. The summed E-state index contributed by atoms with van der Waals surface area (Å²) in [5.74, 6) is 0. The number of nitrogens with zero attached hydrogens (tertiary/aromatic N) is 2. The first kappa shape index (κ1) is 14.4. The first-order valence-corrected chi connectivity index (χ1v) is 6.93. The van der Waals surface area contributed by atoms with E-state index in [-0.39, 0.29) is 0 Å². The molecule has 0 aliphatic heterocycles. The van der Waals surface area contributed by atoms with Gasteiger partial charge in [0.25, 0.3) is 0 Å². The first-order valence-electron chi connectivity index (χ1n) is 6.12. The number of aryl methyl sites for hydroxylation is 1. The summed E-state index contributed by atoms with van der Waals surface area (Å²) in [6, 6.07) is 0. The fourth-order valence-electron chi connectivity index (χ4n) is 1.51. The maximum absolute atomic E-state index is 5.09. The van der Waals surface area contributed by atoms with Crippen molar-refractivity contribution in [3.63, 3.8) is 0 Å². The lowest BCUT2D eigenvalue weighted by molar-refractivity contribution is 0.206. The number of likely N-dealkylation sites (N-methyl/N-ethyl adjacent to an activating group) is 1. The van der Waals surface area contributed by atoms with Crippen LogP contribution in [0.5, 0.6) is 0 Å². The lowest BCUT2D eigenvalue weighted by Crippen LogP contribution is -2.21. The monoisotopic (exact) mass is 257 g/mol. The largest absolute Gasteiger partial charge is 0.383 e. The van der Waals surface area contributed by atoms with Crippen molar-refractivity contribution in [1.29, 1.82) is 0 Å². The van der Waals surface area contributed by atoms with Gasteiger partial charge in [0, 0.05) is 32.1 Å². The van der Waals surface area contributed by atoms with Crippen LogP contribution in [0.2, 0.25) is 0 Å². The molecule has 1 aromatic heterocycles. The van der Waals surface area contributed by atoms with Crippen LogP contribution >= 0.6 is 11.3 Å². The zero-order chi connectivity index (χ0) is 12.7. The summed E-state index contributed by atoms with van der Waals surface area (Å²) in [5.41, 5.74) is 1.22. The number of rotatable bonds is 8. The zero-order valence-corrected chi connectivity index (χ0v) is 12.1. The fraction of sp³-hybridized carbons (Fsp3) is 0.750. The molecule has 0 spiro atoms. The molecule has 0 aliphatic rings. The van der Waals surface area contributed by atoms with Gasteiger partial charge >= 0.3 is 0 Å². The molecule has 0 fully saturated rings. The average Bonchev–Trinajstić information content (AvgIpc) is 2.76. The standard InChI is InChI=1S/C12H23N3OS/c1-5-10-11(9-13-6-2)17-12(14-10)15(3)7-8-16-4/h13H,5-9H2,1-4H3. The van der Waals surface area contributed by atoms with E-state index in [1.807, 2.05) is 0 Å². The minimum atomic E-state index is 0.736. The Morgan fingerprint density at radius 2 is 2.18 bits per heavy atom. The second-order valence-electron chi connectivity index (χ2n) is 3.91. The SMILES string of the molecule is CCNCc1sc(N(C)CCOC)nc1CC. The van der Waals surface area contributed by atoms with E-state index >= 15 is 0 Å². The number of hydrogen-bond acceptors (Lipinski definition) is 5. The Balaban J connectivity index is 2.69. The highest BCUT2D eigenvalue weighted by Gasteiger charge is 2.12. The van der Waals surface area contributed by atoms with Gasteiger partial charge in [-0.1, -0.05) is 13.8 Å². The van der Waals surface area contributed by atoms with Gasteiger partial charge in [-0.15, -0.1) is 11.3 Å². The summed E-state index contributed by atoms with van der Waals surface area (Å²) in [6.45, 7) is 7.82. The molecule has 5 heteroatoms. The third-order valence-corrected chi connectivity index (χ3v) is 3.81. The van der Waals surface area contributed by atoms with E-state index in [0.29, 0.717) is 0 Å². The van der Waals surface area contributed by atoms with E-state index in [0.717, 1.165) is 37.8 Å². The van der Waals surface area contributed by atoms with Crippen LogP contribution in [0.25, 0.3) is 0 Å². The van der Waals surface area contributed by atoms with Gasteiger partial charge in [0.15, 0.2) is 5.13 Å². The van der Waals surface area contributed by atoms with Crippen LogP contribution in [0.1, 0.15) is 24.4 Å². The molecule has 0 aromatic carbocycles. The number of methoxy groups -OCH3 is 1. The van der Waals surface area contributed by atoms with Crippen molar-refractivity contribution in [1.82, 2.24) is 10.3 Å². The summed E-state index contributed by atoms with van der Waals surface area (Å²) < 4.78 is 5.09. The van der Waals surface area contributed by atoms with E-state index in [2.05, 4.69) is 36.1 Å². The van der Waals surface area contributed by atoms with Gasteiger partial charge < -0.3 is 15.0 Å². The molecule has 1 aromatic rings. The van der Waals surface area contributed by atoms with Crippen LogP contribution in [-0.4, -0.2) is 38.8 Å². The third-order valence-electron chi connectivity index (χ3n) is 2.59. The molecule has 1 heterocycles. The molecule has 98 valence electrons. The Kier molecular flexibility index (Phi) is 6.47. The molecule has 1 rings (SSSR count). The number of hydrogen-bond donors (Lipinski definition) is 1. The Morgan fingerprint density at radius 3 is 2.76 bits per heavy atom. The third kappa shape index (κ3) is 4.26. The molecular weight excluding hydrogens is 234 g/mol. The van der Waals surface area contributed by atoms with Gasteiger partial charge in [-0.25, -0.2) is 4.98 Å². The van der Waals surface area contributed by atoms with E-state index in [1.54, 1.807) is 18.4 Å².